The third kappa shape index (κ3) is 3.78. The van der Waals surface area contributed by atoms with Gasteiger partial charge in [-0.15, -0.1) is 0 Å². The summed E-state index contributed by atoms with van der Waals surface area (Å²) in [7, 11) is 0. The van der Waals surface area contributed by atoms with Crippen molar-refractivity contribution >= 4 is 11.6 Å². The fourth-order valence-corrected chi connectivity index (χ4v) is 1.62. The number of hydrogen-bond donors (Lipinski definition) is 3. The molecule has 0 aliphatic heterocycles. The maximum Gasteiger partial charge on any atom is 0.451 e. The molecule has 0 atom stereocenters. The average Bonchev–Trinajstić information content (AvgIpc) is 2.45. The molecule has 2 aromatic heterocycles. The van der Waals surface area contributed by atoms with Crippen LogP contribution < -0.4 is 16.6 Å². The number of hydrazine groups is 1. The van der Waals surface area contributed by atoms with E-state index in [1.165, 1.54) is 6.07 Å². The molecular formula is C12H13F3N6. The van der Waals surface area contributed by atoms with E-state index in [1.54, 1.807) is 12.3 Å². The van der Waals surface area contributed by atoms with Crippen molar-refractivity contribution in [1.82, 2.24) is 15.0 Å². The molecule has 4 N–H and O–H groups in total. The second-order valence-corrected chi connectivity index (χ2v) is 4.22. The molecule has 2 rings (SSSR count). The minimum absolute atomic E-state index is 0.00956. The lowest BCUT2D eigenvalue weighted by atomic mass is 10.2. The summed E-state index contributed by atoms with van der Waals surface area (Å²) >= 11 is 0. The van der Waals surface area contributed by atoms with Crippen molar-refractivity contribution in [2.45, 2.75) is 19.6 Å². The number of aromatic nitrogens is 3. The van der Waals surface area contributed by atoms with Crippen LogP contribution in [0.5, 0.6) is 0 Å². The number of hydrogen-bond acceptors (Lipinski definition) is 6. The lowest BCUT2D eigenvalue weighted by molar-refractivity contribution is -0.144. The predicted octanol–water partition coefficient (Wildman–Crippen LogP) is 2.10. The van der Waals surface area contributed by atoms with Crippen LogP contribution in [0.15, 0.2) is 24.4 Å². The van der Waals surface area contributed by atoms with Crippen LogP contribution in [0.3, 0.4) is 0 Å². The summed E-state index contributed by atoms with van der Waals surface area (Å²) in [4.78, 5) is 10.8. The number of rotatable bonds is 4. The molecule has 2 aromatic rings. The summed E-state index contributed by atoms with van der Waals surface area (Å²) in [5.74, 6) is 3.73. The van der Waals surface area contributed by atoms with Crippen molar-refractivity contribution in [3.8, 4) is 0 Å². The number of alkyl halides is 3. The summed E-state index contributed by atoms with van der Waals surface area (Å²) < 4.78 is 38.0. The second-order valence-electron chi connectivity index (χ2n) is 4.22. The highest BCUT2D eigenvalue weighted by molar-refractivity contribution is 5.47. The Kier molecular flexibility index (Phi) is 4.22. The van der Waals surface area contributed by atoms with Gasteiger partial charge in [-0.05, 0) is 18.6 Å². The molecule has 0 spiro atoms. The summed E-state index contributed by atoms with van der Waals surface area (Å²) in [6, 6.07) is 4.92. The highest BCUT2D eigenvalue weighted by Gasteiger charge is 2.35. The summed E-state index contributed by atoms with van der Waals surface area (Å²) in [6.45, 7) is 2.10. The Morgan fingerprint density at radius 3 is 2.57 bits per heavy atom. The van der Waals surface area contributed by atoms with Gasteiger partial charge < -0.3 is 10.7 Å². The number of nitrogens with one attached hydrogen (secondary N) is 2. The minimum Gasteiger partial charge on any atom is -0.364 e. The maximum absolute atomic E-state index is 12.7. The van der Waals surface area contributed by atoms with Gasteiger partial charge in [-0.1, -0.05) is 6.07 Å². The Morgan fingerprint density at radius 1 is 1.24 bits per heavy atom. The van der Waals surface area contributed by atoms with E-state index in [0.717, 1.165) is 5.56 Å². The summed E-state index contributed by atoms with van der Waals surface area (Å²) in [5, 5.41) is 2.78. The van der Waals surface area contributed by atoms with Crippen LogP contribution in [0.2, 0.25) is 0 Å². The Balaban J connectivity index is 2.22. The van der Waals surface area contributed by atoms with Gasteiger partial charge >= 0.3 is 6.18 Å². The Morgan fingerprint density at radius 2 is 1.95 bits per heavy atom. The van der Waals surface area contributed by atoms with Gasteiger partial charge in [0.25, 0.3) is 0 Å². The van der Waals surface area contributed by atoms with Crippen LogP contribution in [-0.4, -0.2) is 15.0 Å². The smallest absolute Gasteiger partial charge is 0.364 e. The van der Waals surface area contributed by atoms with Crippen molar-refractivity contribution in [3.63, 3.8) is 0 Å². The highest BCUT2D eigenvalue weighted by atomic mass is 19.4. The van der Waals surface area contributed by atoms with Crippen LogP contribution in [0.4, 0.5) is 24.8 Å². The van der Waals surface area contributed by atoms with Crippen molar-refractivity contribution in [3.05, 3.63) is 41.5 Å². The van der Waals surface area contributed by atoms with Crippen molar-refractivity contribution < 1.29 is 13.2 Å². The third-order valence-corrected chi connectivity index (χ3v) is 2.68. The number of nitrogens with zero attached hydrogens (tertiary/aromatic N) is 3. The maximum atomic E-state index is 12.7. The number of anilines is 2. The van der Waals surface area contributed by atoms with Crippen molar-refractivity contribution in [2.24, 2.45) is 5.84 Å². The third-order valence-electron chi connectivity index (χ3n) is 2.68. The zero-order valence-corrected chi connectivity index (χ0v) is 11.1. The zero-order chi connectivity index (χ0) is 15.5. The Labute approximate surface area is 118 Å². The SMILES string of the molecule is Cc1cccnc1CNc1cc(NN)nc(C(F)(F)F)n1. The molecule has 0 aliphatic rings. The zero-order valence-electron chi connectivity index (χ0n) is 11.1. The van der Waals surface area contributed by atoms with Crippen LogP contribution in [0, 0.1) is 6.92 Å². The Hall–Kier alpha value is -2.42. The van der Waals surface area contributed by atoms with E-state index >= 15 is 0 Å². The van der Waals surface area contributed by atoms with Crippen LogP contribution >= 0.6 is 0 Å². The molecule has 0 amide bonds. The molecule has 0 fully saturated rings. The van der Waals surface area contributed by atoms with E-state index in [9.17, 15) is 13.2 Å². The summed E-state index contributed by atoms with van der Waals surface area (Å²) in [5.41, 5.74) is 3.72. The standard InChI is InChI=1S/C12H13F3N6/c1-7-3-2-4-17-8(7)6-18-9-5-10(21-16)20-11(19-9)12(13,14)15/h2-5H,6,16H2,1H3,(H2,18,19,20,21). The largest absolute Gasteiger partial charge is 0.451 e. The van der Waals surface area contributed by atoms with Crippen molar-refractivity contribution in [2.75, 3.05) is 10.7 Å². The van der Waals surface area contributed by atoms with E-state index < -0.39 is 12.0 Å². The van der Waals surface area contributed by atoms with Gasteiger partial charge in [-0.25, -0.2) is 15.8 Å². The molecule has 21 heavy (non-hydrogen) atoms. The lowest BCUT2D eigenvalue weighted by Crippen LogP contribution is -2.17. The monoisotopic (exact) mass is 298 g/mol. The van der Waals surface area contributed by atoms with E-state index in [2.05, 4.69) is 25.7 Å². The van der Waals surface area contributed by atoms with E-state index in [1.807, 2.05) is 13.0 Å². The van der Waals surface area contributed by atoms with E-state index in [0.29, 0.717) is 5.69 Å². The molecule has 2 heterocycles. The van der Waals surface area contributed by atoms with Gasteiger partial charge in [0.2, 0.25) is 5.82 Å². The average molecular weight is 298 g/mol. The molecule has 0 radical (unpaired) electrons. The van der Waals surface area contributed by atoms with Crippen molar-refractivity contribution in [1.29, 1.82) is 0 Å². The highest BCUT2D eigenvalue weighted by Crippen LogP contribution is 2.28. The van der Waals surface area contributed by atoms with Gasteiger partial charge in [0.05, 0.1) is 12.2 Å². The topological polar surface area (TPSA) is 88.8 Å². The molecule has 0 unspecified atom stereocenters. The first-order valence-electron chi connectivity index (χ1n) is 5.97. The van der Waals surface area contributed by atoms with E-state index in [4.69, 9.17) is 5.84 Å². The fourth-order valence-electron chi connectivity index (χ4n) is 1.62. The summed E-state index contributed by atoms with van der Waals surface area (Å²) in [6.07, 6.45) is -3.04. The molecule has 0 bridgehead atoms. The molecule has 0 saturated carbocycles. The number of nitrogens with two attached hydrogens (primary N) is 1. The van der Waals surface area contributed by atoms with E-state index in [-0.39, 0.29) is 18.2 Å². The van der Waals surface area contributed by atoms with Crippen LogP contribution in [-0.2, 0) is 12.7 Å². The molecular weight excluding hydrogens is 285 g/mol. The van der Waals surface area contributed by atoms with Gasteiger partial charge in [-0.3, -0.25) is 4.98 Å². The molecule has 0 saturated heterocycles. The Bertz CT molecular complexity index is 629. The fraction of sp³-hybridized carbons (Fsp3) is 0.250. The number of aryl methyl sites for hydroxylation is 1. The molecule has 112 valence electrons. The first-order valence-corrected chi connectivity index (χ1v) is 5.97. The normalized spacial score (nSPS) is 11.3. The van der Waals surface area contributed by atoms with Gasteiger partial charge in [0.15, 0.2) is 0 Å². The second kappa shape index (κ2) is 5.92. The first-order chi connectivity index (χ1) is 9.90. The van der Waals surface area contributed by atoms with Crippen LogP contribution in [0.1, 0.15) is 17.1 Å². The number of pyridine rings is 1. The first kappa shape index (κ1) is 15.0. The molecule has 0 aliphatic carbocycles. The minimum atomic E-state index is -4.65. The van der Waals surface area contributed by atoms with Gasteiger partial charge in [0.1, 0.15) is 11.6 Å². The lowest BCUT2D eigenvalue weighted by Gasteiger charge is -2.11. The van der Waals surface area contributed by atoms with Gasteiger partial charge in [-0.2, -0.15) is 13.2 Å². The number of halogens is 3. The number of nitrogen functional groups attached to an aromatic ring is 1. The van der Waals surface area contributed by atoms with Crippen LogP contribution in [0.25, 0.3) is 0 Å². The molecule has 0 aromatic carbocycles. The molecule has 9 heteroatoms. The predicted molar refractivity (Wildman–Crippen MR) is 71.1 cm³/mol. The van der Waals surface area contributed by atoms with Gasteiger partial charge in [0, 0.05) is 12.3 Å². The quantitative estimate of drug-likeness (QED) is 0.591. The molecule has 6 nitrogen and oxygen atoms in total.